The van der Waals surface area contributed by atoms with E-state index in [1.807, 2.05) is 36.4 Å². The van der Waals surface area contributed by atoms with Gasteiger partial charge in [-0.25, -0.2) is 0 Å². The SMILES string of the molecule is CC(C)(C)c1ccc2c(c1)C(C)(C)c1cc(C=C3C(=O)c4c(Cl)ccc(Cl)c4C3=O)oc1N2c1ccccc1. The van der Waals surface area contributed by atoms with Crippen LogP contribution in [0.5, 0.6) is 0 Å². The second-order valence-corrected chi connectivity index (χ2v) is 12.5. The van der Waals surface area contributed by atoms with Crippen LogP contribution in [-0.4, -0.2) is 11.6 Å². The topological polar surface area (TPSA) is 50.5 Å². The van der Waals surface area contributed by atoms with E-state index in [4.69, 9.17) is 27.6 Å². The van der Waals surface area contributed by atoms with Gasteiger partial charge in [0.1, 0.15) is 5.76 Å². The van der Waals surface area contributed by atoms with Crippen LogP contribution >= 0.6 is 23.2 Å². The first-order chi connectivity index (χ1) is 18.4. The van der Waals surface area contributed by atoms with Crippen LogP contribution in [-0.2, 0) is 10.8 Å². The van der Waals surface area contributed by atoms with Crippen molar-refractivity contribution >= 4 is 58.1 Å². The number of anilines is 3. The minimum atomic E-state index is -0.450. The summed E-state index contributed by atoms with van der Waals surface area (Å²) in [4.78, 5) is 28.6. The monoisotopic (exact) mass is 555 g/mol. The highest BCUT2D eigenvalue weighted by Crippen LogP contribution is 2.54. The van der Waals surface area contributed by atoms with Crippen molar-refractivity contribution in [3.05, 3.63) is 116 Å². The Morgan fingerprint density at radius 3 is 2.03 bits per heavy atom. The summed E-state index contributed by atoms with van der Waals surface area (Å²) in [5.41, 5.74) is 5.20. The van der Waals surface area contributed by atoms with E-state index in [1.54, 1.807) is 0 Å². The van der Waals surface area contributed by atoms with Crippen molar-refractivity contribution in [1.29, 1.82) is 0 Å². The van der Waals surface area contributed by atoms with Crippen LogP contribution in [0.25, 0.3) is 6.08 Å². The fourth-order valence-corrected chi connectivity index (χ4v) is 6.00. The third-order valence-corrected chi connectivity index (χ3v) is 8.36. The zero-order chi connectivity index (χ0) is 27.9. The lowest BCUT2D eigenvalue weighted by Gasteiger charge is -2.39. The van der Waals surface area contributed by atoms with Crippen LogP contribution < -0.4 is 4.90 Å². The molecule has 6 heteroatoms. The lowest BCUT2D eigenvalue weighted by Crippen LogP contribution is -2.30. The molecule has 4 aromatic rings. The molecular weight excluding hydrogens is 529 g/mol. The highest BCUT2D eigenvalue weighted by atomic mass is 35.5. The Morgan fingerprint density at radius 2 is 1.44 bits per heavy atom. The number of rotatable bonds is 2. The Kier molecular flexibility index (Phi) is 5.73. The summed E-state index contributed by atoms with van der Waals surface area (Å²) < 4.78 is 6.46. The molecule has 1 aliphatic carbocycles. The number of Topliss-reactive ketones (excluding diaryl/α,β-unsaturated/α-hetero) is 2. The number of allylic oxidation sites excluding steroid dienone is 1. The molecule has 0 unspecified atom stereocenters. The zero-order valence-corrected chi connectivity index (χ0v) is 23.9. The van der Waals surface area contributed by atoms with Gasteiger partial charge in [-0.3, -0.25) is 14.5 Å². The second kappa shape index (κ2) is 8.70. The van der Waals surface area contributed by atoms with Gasteiger partial charge in [0, 0.05) is 16.7 Å². The van der Waals surface area contributed by atoms with E-state index in [0.29, 0.717) is 11.6 Å². The molecule has 0 amide bonds. The van der Waals surface area contributed by atoms with Crippen molar-refractivity contribution in [2.75, 3.05) is 4.90 Å². The molecule has 0 saturated heterocycles. The lowest BCUT2D eigenvalue weighted by atomic mass is 9.73. The molecule has 196 valence electrons. The first-order valence-corrected chi connectivity index (χ1v) is 13.6. The molecule has 0 bridgehead atoms. The number of carbonyl (C=O) groups excluding carboxylic acids is 2. The maximum absolute atomic E-state index is 13.3. The fraction of sp³-hybridized carbons (Fsp3) is 0.212. The van der Waals surface area contributed by atoms with E-state index >= 15 is 0 Å². The molecule has 0 fully saturated rings. The Morgan fingerprint density at radius 1 is 0.821 bits per heavy atom. The summed E-state index contributed by atoms with van der Waals surface area (Å²) in [5, 5.41) is 0.410. The van der Waals surface area contributed by atoms with Crippen molar-refractivity contribution in [1.82, 2.24) is 0 Å². The molecule has 4 nitrogen and oxygen atoms in total. The van der Waals surface area contributed by atoms with Crippen LogP contribution in [0, 0.1) is 0 Å². The Labute approximate surface area is 237 Å². The standard InChI is InChI=1S/C33H27Cl2NO3/c1-32(2,3)18-11-14-26-22(15-18)33(4,5)23-17-20(39-31(23)36(26)19-9-7-6-8-10-19)16-21-29(37)27-24(34)12-13-25(35)28(27)30(21)38/h6-17H,1-5H3. The zero-order valence-electron chi connectivity index (χ0n) is 22.4. The van der Waals surface area contributed by atoms with Crippen molar-refractivity contribution in [3.8, 4) is 0 Å². The van der Waals surface area contributed by atoms with Crippen LogP contribution in [0.1, 0.15) is 77.8 Å². The van der Waals surface area contributed by atoms with E-state index in [0.717, 1.165) is 16.9 Å². The third-order valence-electron chi connectivity index (χ3n) is 7.73. The molecule has 0 radical (unpaired) electrons. The summed E-state index contributed by atoms with van der Waals surface area (Å²) in [5.74, 6) is 0.165. The molecule has 0 saturated carbocycles. The largest absolute Gasteiger partial charge is 0.440 e. The van der Waals surface area contributed by atoms with Crippen LogP contribution in [0.4, 0.5) is 17.3 Å². The third kappa shape index (κ3) is 3.89. The normalized spacial score (nSPS) is 15.8. The summed E-state index contributed by atoms with van der Waals surface area (Å²) in [6.45, 7) is 11.0. The molecular formula is C33H27Cl2NO3. The maximum atomic E-state index is 13.3. The second-order valence-electron chi connectivity index (χ2n) is 11.6. The molecule has 1 aliphatic heterocycles. The maximum Gasteiger partial charge on any atom is 0.209 e. The predicted molar refractivity (Wildman–Crippen MR) is 157 cm³/mol. The lowest BCUT2D eigenvalue weighted by molar-refractivity contribution is 0.0990. The van der Waals surface area contributed by atoms with E-state index in [2.05, 4.69) is 57.7 Å². The predicted octanol–water partition coefficient (Wildman–Crippen LogP) is 9.46. The van der Waals surface area contributed by atoms with Gasteiger partial charge in [-0.15, -0.1) is 0 Å². The van der Waals surface area contributed by atoms with Gasteiger partial charge in [-0.1, -0.05) is 88.2 Å². The first kappa shape index (κ1) is 25.7. The number of furan rings is 1. The number of hydrogen-bond acceptors (Lipinski definition) is 4. The quantitative estimate of drug-likeness (QED) is 0.182. The van der Waals surface area contributed by atoms with Gasteiger partial charge in [-0.05, 0) is 59.0 Å². The van der Waals surface area contributed by atoms with Crippen LogP contribution in [0.15, 0.2) is 76.7 Å². The molecule has 2 aliphatic rings. The van der Waals surface area contributed by atoms with E-state index in [9.17, 15) is 9.59 Å². The fourth-order valence-electron chi connectivity index (χ4n) is 5.51. The molecule has 39 heavy (non-hydrogen) atoms. The Hall–Kier alpha value is -3.60. The highest BCUT2D eigenvalue weighted by Gasteiger charge is 2.42. The van der Waals surface area contributed by atoms with Crippen molar-refractivity contribution in [2.45, 2.75) is 45.4 Å². The van der Waals surface area contributed by atoms with Gasteiger partial charge in [0.25, 0.3) is 0 Å². The van der Waals surface area contributed by atoms with E-state index in [-0.39, 0.29) is 32.2 Å². The number of para-hydroxylation sites is 1. The van der Waals surface area contributed by atoms with Crippen molar-refractivity contribution < 1.29 is 14.0 Å². The highest BCUT2D eigenvalue weighted by molar-refractivity contribution is 6.49. The molecule has 6 rings (SSSR count). The van der Waals surface area contributed by atoms with Gasteiger partial charge in [0.2, 0.25) is 5.88 Å². The summed E-state index contributed by atoms with van der Waals surface area (Å²) in [7, 11) is 0. The molecule has 0 atom stereocenters. The average Bonchev–Trinajstić information content (AvgIpc) is 3.42. The number of benzene rings is 3. The number of fused-ring (bicyclic) bond motifs is 3. The summed E-state index contributed by atoms with van der Waals surface area (Å²) >= 11 is 12.6. The van der Waals surface area contributed by atoms with Crippen LogP contribution in [0.2, 0.25) is 10.0 Å². The Balaban J connectivity index is 1.54. The molecule has 2 heterocycles. The number of halogens is 2. The summed E-state index contributed by atoms with van der Waals surface area (Å²) in [6.07, 6.45) is 1.51. The van der Waals surface area contributed by atoms with Gasteiger partial charge >= 0.3 is 0 Å². The minimum Gasteiger partial charge on any atom is -0.440 e. The van der Waals surface area contributed by atoms with Crippen molar-refractivity contribution in [2.24, 2.45) is 0 Å². The van der Waals surface area contributed by atoms with E-state index < -0.39 is 17.0 Å². The smallest absolute Gasteiger partial charge is 0.209 e. The van der Waals surface area contributed by atoms with Gasteiger partial charge in [0.05, 0.1) is 32.4 Å². The molecule has 0 N–H and O–H groups in total. The molecule has 1 aromatic heterocycles. The van der Waals surface area contributed by atoms with E-state index in [1.165, 1.54) is 29.3 Å². The number of ketones is 2. The molecule has 3 aromatic carbocycles. The first-order valence-electron chi connectivity index (χ1n) is 12.8. The van der Waals surface area contributed by atoms with Crippen LogP contribution in [0.3, 0.4) is 0 Å². The summed E-state index contributed by atoms with van der Waals surface area (Å²) in [6, 6.07) is 21.6. The van der Waals surface area contributed by atoms with Crippen molar-refractivity contribution in [3.63, 3.8) is 0 Å². The number of hydrogen-bond donors (Lipinski definition) is 0. The van der Waals surface area contributed by atoms with Gasteiger partial charge < -0.3 is 4.42 Å². The minimum absolute atomic E-state index is 0.0114. The Bertz CT molecular complexity index is 1680. The number of carbonyl (C=O) groups is 2. The number of nitrogens with zero attached hydrogens (tertiary/aromatic N) is 1. The average molecular weight is 556 g/mol. The van der Waals surface area contributed by atoms with Gasteiger partial charge in [0.15, 0.2) is 11.6 Å². The van der Waals surface area contributed by atoms with Gasteiger partial charge in [-0.2, -0.15) is 0 Å². The molecule has 0 spiro atoms.